The van der Waals surface area contributed by atoms with Gasteiger partial charge in [0.15, 0.2) is 5.75 Å². The quantitative estimate of drug-likeness (QED) is 0.715. The molecular formula is C8H4F3NO2. The zero-order valence-corrected chi connectivity index (χ0v) is 6.67. The number of furan rings is 1. The molecular weight excluding hydrogens is 199 g/mol. The number of rotatable bonds is 0. The molecule has 3 nitrogen and oxygen atoms in total. The summed E-state index contributed by atoms with van der Waals surface area (Å²) in [5, 5.41) is 8.72. The lowest BCUT2D eigenvalue weighted by Gasteiger charge is -2.06. The number of aromatic nitrogens is 1. The molecule has 2 aromatic rings. The van der Waals surface area contributed by atoms with E-state index >= 15 is 0 Å². The molecule has 2 rings (SSSR count). The van der Waals surface area contributed by atoms with E-state index in [-0.39, 0.29) is 5.71 Å². The van der Waals surface area contributed by atoms with Crippen LogP contribution in [0.5, 0.6) is 5.75 Å². The normalized spacial score (nSPS) is 12.2. The number of nitrogens with zero attached hydrogens (tertiary/aromatic N) is 1. The molecule has 6 heteroatoms. The maximum absolute atomic E-state index is 12.4. The topological polar surface area (TPSA) is 46.3 Å². The van der Waals surface area contributed by atoms with Gasteiger partial charge in [0.25, 0.3) is 0 Å². The first-order valence-corrected chi connectivity index (χ1v) is 3.62. The van der Waals surface area contributed by atoms with E-state index in [2.05, 4.69) is 9.40 Å². The molecule has 0 aromatic carbocycles. The van der Waals surface area contributed by atoms with Crippen LogP contribution in [0.15, 0.2) is 22.9 Å². The third-order valence-corrected chi connectivity index (χ3v) is 1.76. The van der Waals surface area contributed by atoms with Gasteiger partial charge in [0.05, 0.1) is 10.9 Å². The van der Waals surface area contributed by atoms with Crippen molar-refractivity contribution in [2.75, 3.05) is 0 Å². The van der Waals surface area contributed by atoms with Crippen molar-refractivity contribution < 1.29 is 22.7 Å². The van der Waals surface area contributed by atoms with Crippen molar-refractivity contribution in [3.8, 4) is 5.75 Å². The summed E-state index contributed by atoms with van der Waals surface area (Å²) in [6.45, 7) is 0. The fourth-order valence-corrected chi connectivity index (χ4v) is 1.19. The van der Waals surface area contributed by atoms with E-state index in [4.69, 9.17) is 5.11 Å². The zero-order chi connectivity index (χ0) is 10.3. The first-order chi connectivity index (χ1) is 6.50. The molecule has 0 unspecified atom stereocenters. The van der Waals surface area contributed by atoms with Crippen LogP contribution in [0.3, 0.4) is 0 Å². The Hall–Kier alpha value is -1.72. The number of halogens is 3. The second kappa shape index (κ2) is 2.63. The van der Waals surface area contributed by atoms with Gasteiger partial charge in [-0.05, 0) is 6.07 Å². The standard InChI is InChI=1S/C8H4F3NO2/c9-8(10,11)4-1-2-12-7-6(4)5(13)3-14-7/h1-3,13H. The van der Waals surface area contributed by atoms with E-state index < -0.39 is 22.9 Å². The number of alkyl halides is 3. The highest BCUT2D eigenvalue weighted by Crippen LogP contribution is 2.38. The third kappa shape index (κ3) is 1.19. The van der Waals surface area contributed by atoms with Crippen LogP contribution in [0.2, 0.25) is 0 Å². The summed E-state index contributed by atoms with van der Waals surface area (Å²) in [5.41, 5.74) is -1.17. The molecule has 0 aliphatic carbocycles. The van der Waals surface area contributed by atoms with Gasteiger partial charge >= 0.3 is 6.18 Å². The lowest BCUT2D eigenvalue weighted by Crippen LogP contribution is -2.05. The second-order valence-electron chi connectivity index (χ2n) is 2.66. The average molecular weight is 203 g/mol. The van der Waals surface area contributed by atoms with E-state index in [0.29, 0.717) is 0 Å². The molecule has 0 fully saturated rings. The van der Waals surface area contributed by atoms with Crippen LogP contribution < -0.4 is 0 Å². The van der Waals surface area contributed by atoms with E-state index in [0.717, 1.165) is 18.5 Å². The van der Waals surface area contributed by atoms with E-state index in [9.17, 15) is 13.2 Å². The summed E-state index contributed by atoms with van der Waals surface area (Å²) >= 11 is 0. The average Bonchev–Trinajstić information content (AvgIpc) is 2.46. The van der Waals surface area contributed by atoms with Gasteiger partial charge in [-0.2, -0.15) is 13.2 Å². The van der Waals surface area contributed by atoms with Crippen molar-refractivity contribution in [1.82, 2.24) is 4.98 Å². The Balaban J connectivity index is 2.82. The highest BCUT2D eigenvalue weighted by atomic mass is 19.4. The summed E-state index contributed by atoms with van der Waals surface area (Å²) < 4.78 is 41.8. The van der Waals surface area contributed by atoms with Gasteiger partial charge in [0.2, 0.25) is 5.71 Å². The van der Waals surface area contributed by atoms with Crippen molar-refractivity contribution in [3.05, 3.63) is 24.1 Å². The molecule has 14 heavy (non-hydrogen) atoms. The van der Waals surface area contributed by atoms with Gasteiger partial charge in [-0.3, -0.25) is 0 Å². The maximum Gasteiger partial charge on any atom is 0.417 e. The van der Waals surface area contributed by atoms with Gasteiger partial charge in [-0.25, -0.2) is 4.98 Å². The number of pyridine rings is 1. The smallest absolute Gasteiger partial charge is 0.417 e. The first kappa shape index (κ1) is 8.86. The van der Waals surface area contributed by atoms with Crippen molar-refractivity contribution in [3.63, 3.8) is 0 Å². The molecule has 2 aromatic heterocycles. The largest absolute Gasteiger partial charge is 0.504 e. The molecule has 0 amide bonds. The van der Waals surface area contributed by atoms with Gasteiger partial charge in [0, 0.05) is 6.20 Å². The first-order valence-electron chi connectivity index (χ1n) is 3.62. The van der Waals surface area contributed by atoms with Crippen molar-refractivity contribution in [1.29, 1.82) is 0 Å². The maximum atomic E-state index is 12.4. The predicted octanol–water partition coefficient (Wildman–Crippen LogP) is 2.55. The monoisotopic (exact) mass is 203 g/mol. The van der Waals surface area contributed by atoms with Crippen LogP contribution in [0, 0.1) is 0 Å². The minimum atomic E-state index is -4.53. The number of fused-ring (bicyclic) bond motifs is 1. The van der Waals surface area contributed by atoms with Crippen LogP contribution in [0.25, 0.3) is 11.1 Å². The molecule has 0 bridgehead atoms. The predicted molar refractivity (Wildman–Crippen MR) is 40.7 cm³/mol. The minimum absolute atomic E-state index is 0.225. The number of aromatic hydroxyl groups is 1. The summed E-state index contributed by atoms with van der Waals surface area (Å²) in [6.07, 6.45) is -2.72. The third-order valence-electron chi connectivity index (χ3n) is 1.76. The van der Waals surface area contributed by atoms with Crippen LogP contribution in [-0.2, 0) is 6.18 Å². The Morgan fingerprint density at radius 1 is 1.36 bits per heavy atom. The van der Waals surface area contributed by atoms with Gasteiger partial charge in [-0.1, -0.05) is 0 Å². The summed E-state index contributed by atoms with van der Waals surface area (Å²) in [4.78, 5) is 3.55. The van der Waals surface area contributed by atoms with Gasteiger partial charge < -0.3 is 9.52 Å². The number of hydrogen-bond acceptors (Lipinski definition) is 3. The van der Waals surface area contributed by atoms with E-state index in [1.54, 1.807) is 0 Å². The summed E-state index contributed by atoms with van der Waals surface area (Å²) in [7, 11) is 0. The molecule has 1 N–H and O–H groups in total. The van der Waals surface area contributed by atoms with Crippen molar-refractivity contribution in [2.45, 2.75) is 6.18 Å². The van der Waals surface area contributed by atoms with E-state index in [1.165, 1.54) is 0 Å². The summed E-state index contributed by atoms with van der Waals surface area (Å²) in [6, 6.07) is 0.789. The molecule has 0 aliphatic rings. The fourth-order valence-electron chi connectivity index (χ4n) is 1.19. The van der Waals surface area contributed by atoms with Crippen molar-refractivity contribution in [2.24, 2.45) is 0 Å². The highest BCUT2D eigenvalue weighted by Gasteiger charge is 2.34. The second-order valence-corrected chi connectivity index (χ2v) is 2.66. The Morgan fingerprint density at radius 2 is 2.07 bits per heavy atom. The molecule has 2 heterocycles. The van der Waals surface area contributed by atoms with E-state index in [1.807, 2.05) is 0 Å². The van der Waals surface area contributed by atoms with Crippen molar-refractivity contribution >= 4 is 11.1 Å². The fraction of sp³-hybridized carbons (Fsp3) is 0.125. The lowest BCUT2D eigenvalue weighted by molar-refractivity contribution is -0.136. The Kier molecular flexibility index (Phi) is 1.67. The molecule has 0 radical (unpaired) electrons. The molecule has 0 saturated heterocycles. The summed E-state index contributed by atoms with van der Waals surface area (Å²) in [5.74, 6) is -0.555. The SMILES string of the molecule is Oc1coc2nccc(C(F)(F)F)c12. The van der Waals surface area contributed by atoms with Crippen LogP contribution in [0.4, 0.5) is 13.2 Å². The lowest BCUT2D eigenvalue weighted by atomic mass is 10.2. The molecule has 0 spiro atoms. The van der Waals surface area contributed by atoms with Gasteiger partial charge in [0.1, 0.15) is 6.26 Å². The molecule has 0 atom stereocenters. The Morgan fingerprint density at radius 3 is 2.71 bits per heavy atom. The molecule has 74 valence electrons. The molecule has 0 saturated carbocycles. The van der Waals surface area contributed by atoms with Crippen LogP contribution in [0.1, 0.15) is 5.56 Å². The highest BCUT2D eigenvalue weighted by molar-refractivity contribution is 5.84. The molecule has 0 aliphatic heterocycles. The minimum Gasteiger partial charge on any atom is -0.504 e. The van der Waals surface area contributed by atoms with Crippen LogP contribution in [-0.4, -0.2) is 10.1 Å². The number of hydrogen-bond donors (Lipinski definition) is 1. The van der Waals surface area contributed by atoms with Gasteiger partial charge in [-0.15, -0.1) is 0 Å². The Bertz CT molecular complexity index is 475. The Labute approximate surface area is 75.8 Å². The van der Waals surface area contributed by atoms with Crippen LogP contribution >= 0.6 is 0 Å². The zero-order valence-electron chi connectivity index (χ0n) is 6.67.